The normalized spacial score (nSPS) is 14.4. The van der Waals surface area contributed by atoms with Gasteiger partial charge in [0.25, 0.3) is 0 Å². The molecule has 0 atom stereocenters. The number of ether oxygens (including phenoxy) is 2. The maximum Gasteiger partial charge on any atom is 0.162 e. The topological polar surface area (TPSA) is 70.5 Å². The van der Waals surface area contributed by atoms with Crippen molar-refractivity contribution in [2.24, 2.45) is 11.5 Å². The molecule has 0 fully saturated rings. The molecule has 0 saturated carbocycles. The van der Waals surface area contributed by atoms with Crippen molar-refractivity contribution < 1.29 is 9.47 Å². The van der Waals surface area contributed by atoms with E-state index in [2.05, 4.69) is 0 Å². The van der Waals surface area contributed by atoms with Crippen LogP contribution in [0.3, 0.4) is 0 Å². The molecule has 0 aromatic heterocycles. The lowest BCUT2D eigenvalue weighted by Gasteiger charge is -2.32. The van der Waals surface area contributed by atoms with Crippen LogP contribution in [0.4, 0.5) is 0 Å². The van der Waals surface area contributed by atoms with E-state index >= 15 is 0 Å². The molecule has 0 bridgehead atoms. The number of hydrogen-bond acceptors (Lipinski definition) is 4. The van der Waals surface area contributed by atoms with E-state index in [9.17, 15) is 0 Å². The Kier molecular flexibility index (Phi) is 4.73. The summed E-state index contributed by atoms with van der Waals surface area (Å²) in [5.41, 5.74) is 10.9. The van der Waals surface area contributed by atoms with Crippen molar-refractivity contribution in [2.75, 3.05) is 13.2 Å². The molecule has 92 valence electrons. The summed E-state index contributed by atoms with van der Waals surface area (Å²) in [6.07, 6.45) is 0. The molecule has 0 aliphatic rings. The summed E-state index contributed by atoms with van der Waals surface area (Å²) in [5.74, 6) is -0.646. The van der Waals surface area contributed by atoms with E-state index in [1.54, 1.807) is 0 Å². The molecule has 4 heteroatoms. The van der Waals surface area contributed by atoms with Crippen LogP contribution in [0, 0.1) is 0 Å². The molecule has 0 saturated heterocycles. The maximum absolute atomic E-state index is 5.82. The summed E-state index contributed by atoms with van der Waals surface area (Å²) in [6.45, 7) is 12.3. The van der Waals surface area contributed by atoms with E-state index < -0.39 is 5.79 Å². The summed E-state index contributed by atoms with van der Waals surface area (Å²) in [7, 11) is 0. The van der Waals surface area contributed by atoms with Gasteiger partial charge in [0.1, 0.15) is 0 Å². The largest absolute Gasteiger partial charge is 0.349 e. The molecule has 0 rings (SSSR count). The SMILES string of the molecule is CC(C)(N)COC(C)(C)OCC(C)(C)N. The monoisotopic (exact) mass is 218 g/mol. The van der Waals surface area contributed by atoms with Gasteiger partial charge in [-0.1, -0.05) is 0 Å². The third kappa shape index (κ3) is 10.1. The van der Waals surface area contributed by atoms with Gasteiger partial charge in [0.15, 0.2) is 5.79 Å². The van der Waals surface area contributed by atoms with Crippen LogP contribution in [0.2, 0.25) is 0 Å². The smallest absolute Gasteiger partial charge is 0.162 e. The van der Waals surface area contributed by atoms with E-state index in [0.29, 0.717) is 13.2 Å². The average Bonchev–Trinajstić information content (AvgIpc) is 1.96. The third-order valence-corrected chi connectivity index (χ3v) is 1.58. The van der Waals surface area contributed by atoms with Crippen LogP contribution in [0.5, 0.6) is 0 Å². The Balaban J connectivity index is 3.98. The third-order valence-electron chi connectivity index (χ3n) is 1.58. The Morgan fingerprint density at radius 2 is 1.00 bits per heavy atom. The lowest BCUT2D eigenvalue weighted by atomic mass is 10.1. The van der Waals surface area contributed by atoms with Gasteiger partial charge >= 0.3 is 0 Å². The van der Waals surface area contributed by atoms with Crippen LogP contribution in [0.25, 0.3) is 0 Å². The Morgan fingerprint density at radius 3 is 1.20 bits per heavy atom. The first-order valence-corrected chi connectivity index (χ1v) is 5.27. The summed E-state index contributed by atoms with van der Waals surface area (Å²) < 4.78 is 11.2. The molecule has 15 heavy (non-hydrogen) atoms. The van der Waals surface area contributed by atoms with Crippen molar-refractivity contribution >= 4 is 0 Å². The van der Waals surface area contributed by atoms with E-state index in [4.69, 9.17) is 20.9 Å². The van der Waals surface area contributed by atoms with Crippen molar-refractivity contribution in [3.05, 3.63) is 0 Å². The fourth-order valence-corrected chi connectivity index (χ4v) is 0.761. The van der Waals surface area contributed by atoms with Crippen LogP contribution in [-0.2, 0) is 9.47 Å². The maximum atomic E-state index is 5.82. The minimum atomic E-state index is -0.646. The van der Waals surface area contributed by atoms with Crippen LogP contribution in [0.15, 0.2) is 0 Å². The molecule has 4 nitrogen and oxygen atoms in total. The first-order chi connectivity index (χ1) is 6.41. The summed E-state index contributed by atoms with van der Waals surface area (Å²) in [4.78, 5) is 0. The van der Waals surface area contributed by atoms with Gasteiger partial charge < -0.3 is 20.9 Å². The number of rotatable bonds is 6. The highest BCUT2D eigenvalue weighted by atomic mass is 16.7. The van der Waals surface area contributed by atoms with E-state index in [-0.39, 0.29) is 11.1 Å². The Morgan fingerprint density at radius 1 is 0.733 bits per heavy atom. The highest BCUT2D eigenvalue weighted by molar-refractivity contribution is 4.74. The molecule has 0 aromatic rings. The zero-order chi connectivity index (χ0) is 12.3. The summed E-state index contributed by atoms with van der Waals surface area (Å²) >= 11 is 0. The highest BCUT2D eigenvalue weighted by Crippen LogP contribution is 2.15. The predicted octanol–water partition coefficient (Wildman–Crippen LogP) is 1.23. The second-order valence-electron chi connectivity index (χ2n) is 5.95. The Labute approximate surface area is 93.3 Å². The van der Waals surface area contributed by atoms with Crippen molar-refractivity contribution in [2.45, 2.75) is 58.4 Å². The molecule has 0 amide bonds. The van der Waals surface area contributed by atoms with Crippen LogP contribution >= 0.6 is 0 Å². The lowest BCUT2D eigenvalue weighted by Crippen LogP contribution is -2.45. The zero-order valence-corrected chi connectivity index (χ0v) is 10.9. The molecular weight excluding hydrogens is 192 g/mol. The Bertz CT molecular complexity index is 170. The molecule has 0 radical (unpaired) electrons. The molecule has 0 heterocycles. The number of hydrogen-bond donors (Lipinski definition) is 2. The number of nitrogens with two attached hydrogens (primary N) is 2. The summed E-state index contributed by atoms with van der Waals surface area (Å²) in [6, 6.07) is 0. The fraction of sp³-hybridized carbons (Fsp3) is 1.00. The van der Waals surface area contributed by atoms with Crippen molar-refractivity contribution in [1.82, 2.24) is 0 Å². The standard InChI is InChI=1S/C11H26N2O2/c1-9(2,12)7-14-11(5,6)15-8-10(3,4)13/h7-8,12-13H2,1-6H3. The zero-order valence-electron chi connectivity index (χ0n) is 10.9. The minimum absolute atomic E-state index is 0.348. The van der Waals surface area contributed by atoms with Gasteiger partial charge in [-0.25, -0.2) is 0 Å². The van der Waals surface area contributed by atoms with Gasteiger partial charge in [-0.05, 0) is 41.5 Å². The van der Waals surface area contributed by atoms with Crippen LogP contribution < -0.4 is 11.5 Å². The molecule has 0 spiro atoms. The first-order valence-electron chi connectivity index (χ1n) is 5.27. The predicted molar refractivity (Wildman–Crippen MR) is 62.5 cm³/mol. The van der Waals surface area contributed by atoms with Gasteiger partial charge in [-0.15, -0.1) is 0 Å². The van der Waals surface area contributed by atoms with Crippen molar-refractivity contribution in [3.63, 3.8) is 0 Å². The van der Waals surface area contributed by atoms with Crippen LogP contribution in [0.1, 0.15) is 41.5 Å². The first kappa shape index (κ1) is 14.8. The molecule has 0 unspecified atom stereocenters. The quantitative estimate of drug-likeness (QED) is 0.658. The average molecular weight is 218 g/mol. The van der Waals surface area contributed by atoms with Gasteiger partial charge in [0.05, 0.1) is 13.2 Å². The second-order valence-corrected chi connectivity index (χ2v) is 5.95. The summed E-state index contributed by atoms with van der Waals surface area (Å²) in [5, 5.41) is 0. The minimum Gasteiger partial charge on any atom is -0.349 e. The molecule has 0 aliphatic carbocycles. The van der Waals surface area contributed by atoms with Gasteiger partial charge in [-0.2, -0.15) is 0 Å². The van der Waals surface area contributed by atoms with Crippen molar-refractivity contribution in [3.8, 4) is 0 Å². The second kappa shape index (κ2) is 4.78. The van der Waals surface area contributed by atoms with E-state index in [0.717, 1.165) is 0 Å². The van der Waals surface area contributed by atoms with E-state index in [1.807, 2.05) is 41.5 Å². The molecule has 4 N–H and O–H groups in total. The molecule has 0 aromatic carbocycles. The fourth-order valence-electron chi connectivity index (χ4n) is 0.761. The van der Waals surface area contributed by atoms with E-state index in [1.165, 1.54) is 0 Å². The highest BCUT2D eigenvalue weighted by Gasteiger charge is 2.25. The molecular formula is C11H26N2O2. The van der Waals surface area contributed by atoms with Crippen molar-refractivity contribution in [1.29, 1.82) is 0 Å². The van der Waals surface area contributed by atoms with Gasteiger partial charge in [0, 0.05) is 11.1 Å². The van der Waals surface area contributed by atoms with Gasteiger partial charge in [0.2, 0.25) is 0 Å². The lowest BCUT2D eigenvalue weighted by molar-refractivity contribution is -0.225. The molecule has 0 aliphatic heterocycles. The van der Waals surface area contributed by atoms with Gasteiger partial charge in [-0.3, -0.25) is 0 Å². The van der Waals surface area contributed by atoms with Crippen LogP contribution in [-0.4, -0.2) is 30.1 Å². The Hall–Kier alpha value is -0.160.